The van der Waals surface area contributed by atoms with Crippen molar-refractivity contribution in [1.29, 1.82) is 0 Å². The highest BCUT2D eigenvalue weighted by Gasteiger charge is 2.09. The topological polar surface area (TPSA) is 0 Å². The zero-order valence-corrected chi connectivity index (χ0v) is 11.1. The molecule has 0 saturated carbocycles. The molecule has 2 unspecified atom stereocenters. The first-order valence-corrected chi connectivity index (χ1v) is 6.19. The summed E-state index contributed by atoms with van der Waals surface area (Å²) in [5.74, 6) is 0.675. The molecule has 0 aliphatic rings. The number of hydrogen-bond donors (Lipinski definition) is 0. The Morgan fingerprint density at radius 1 is 1.31 bits per heavy atom. The van der Waals surface area contributed by atoms with Crippen LogP contribution in [0.25, 0.3) is 0 Å². The fraction of sp³-hybridized carbons (Fsp3) is 0.455. The van der Waals surface area contributed by atoms with Gasteiger partial charge >= 0.3 is 0 Å². The van der Waals surface area contributed by atoms with Crippen LogP contribution in [0.2, 0.25) is 0 Å². The predicted octanol–water partition coefficient (Wildman–Crippen LogP) is 4.41. The molecule has 0 aliphatic carbocycles. The molecule has 72 valence electrons. The van der Waals surface area contributed by atoms with E-state index in [-0.39, 0.29) is 0 Å². The van der Waals surface area contributed by atoms with E-state index < -0.39 is 0 Å². The summed E-state index contributed by atoms with van der Waals surface area (Å²) in [6.07, 6.45) is 1.13. The monoisotopic (exact) mass is 304 g/mol. The molecule has 0 saturated heterocycles. The third kappa shape index (κ3) is 3.82. The van der Waals surface area contributed by atoms with E-state index in [2.05, 4.69) is 70.0 Å². The molecule has 0 N–H and O–H groups in total. The third-order valence-corrected chi connectivity index (χ3v) is 3.63. The van der Waals surface area contributed by atoms with E-state index >= 15 is 0 Å². The molecule has 1 rings (SSSR count). The third-order valence-electron chi connectivity index (χ3n) is 2.23. The van der Waals surface area contributed by atoms with E-state index in [1.807, 2.05) is 0 Å². The van der Waals surface area contributed by atoms with Gasteiger partial charge < -0.3 is 0 Å². The minimum Gasteiger partial charge on any atom is -0.0891 e. The lowest BCUT2D eigenvalue weighted by atomic mass is 9.99. The van der Waals surface area contributed by atoms with Gasteiger partial charge in [0, 0.05) is 9.30 Å². The molecule has 0 fully saturated rings. The lowest BCUT2D eigenvalue weighted by Gasteiger charge is -2.13. The summed E-state index contributed by atoms with van der Waals surface area (Å²) in [6, 6.07) is 8.51. The minimum atomic E-state index is 0.575. The molecule has 1 aromatic carbocycles. The van der Waals surface area contributed by atoms with Gasteiger partial charge in [-0.2, -0.15) is 0 Å². The Kier molecular flexibility index (Phi) is 4.47. The highest BCUT2D eigenvalue weighted by atomic mass is 79.9. The van der Waals surface area contributed by atoms with E-state index in [1.165, 1.54) is 10.0 Å². The molecule has 0 nitrogen and oxygen atoms in total. The summed E-state index contributed by atoms with van der Waals surface area (Å²) < 4.78 is 1.17. The summed E-state index contributed by atoms with van der Waals surface area (Å²) in [7, 11) is 0. The van der Waals surface area contributed by atoms with E-state index in [4.69, 9.17) is 0 Å². The molecule has 0 spiro atoms. The van der Waals surface area contributed by atoms with Crippen molar-refractivity contribution in [2.75, 3.05) is 0 Å². The van der Waals surface area contributed by atoms with Gasteiger partial charge in [-0.1, -0.05) is 57.8 Å². The lowest BCUT2D eigenvalue weighted by molar-refractivity contribution is 0.581. The Balaban J connectivity index is 2.64. The van der Waals surface area contributed by atoms with Gasteiger partial charge in [0.2, 0.25) is 0 Å². The Bertz CT molecular complexity index is 269. The smallest absolute Gasteiger partial charge is 0.0177 e. The fourth-order valence-electron chi connectivity index (χ4n) is 1.20. The van der Waals surface area contributed by atoms with Gasteiger partial charge in [-0.15, -0.1) is 0 Å². The fourth-order valence-corrected chi connectivity index (χ4v) is 1.83. The molecular weight excluding hydrogens is 292 g/mol. The highest BCUT2D eigenvalue weighted by Crippen LogP contribution is 2.19. The van der Waals surface area contributed by atoms with Crippen molar-refractivity contribution in [2.24, 2.45) is 5.92 Å². The van der Waals surface area contributed by atoms with E-state index in [9.17, 15) is 0 Å². The first-order valence-electron chi connectivity index (χ1n) is 4.48. The second kappa shape index (κ2) is 5.16. The number of alkyl halides is 1. The maximum atomic E-state index is 3.60. The van der Waals surface area contributed by atoms with Crippen LogP contribution in [0.1, 0.15) is 19.4 Å². The van der Waals surface area contributed by atoms with Crippen LogP contribution in [0.4, 0.5) is 0 Å². The highest BCUT2D eigenvalue weighted by molar-refractivity contribution is 9.10. The summed E-state index contributed by atoms with van der Waals surface area (Å²) in [5, 5.41) is 0. The first-order chi connectivity index (χ1) is 6.09. The van der Waals surface area contributed by atoms with Gasteiger partial charge in [0.25, 0.3) is 0 Å². The molecule has 0 amide bonds. The van der Waals surface area contributed by atoms with Gasteiger partial charge in [0.1, 0.15) is 0 Å². The van der Waals surface area contributed by atoms with Crippen molar-refractivity contribution in [3.63, 3.8) is 0 Å². The molecule has 0 aliphatic heterocycles. The van der Waals surface area contributed by atoms with Crippen LogP contribution in [0.3, 0.4) is 0 Å². The molecule has 0 aromatic heterocycles. The number of rotatable bonds is 3. The largest absolute Gasteiger partial charge is 0.0891 e. The zero-order valence-electron chi connectivity index (χ0n) is 7.93. The van der Waals surface area contributed by atoms with Crippen LogP contribution >= 0.6 is 31.9 Å². The SMILES string of the molecule is CC(Br)C(C)Cc1cccc(Br)c1. The maximum absolute atomic E-state index is 3.60. The summed E-state index contributed by atoms with van der Waals surface area (Å²) in [5.41, 5.74) is 1.40. The Labute approximate surface area is 97.0 Å². The van der Waals surface area contributed by atoms with Gasteiger partial charge in [-0.3, -0.25) is 0 Å². The summed E-state index contributed by atoms with van der Waals surface area (Å²) in [6.45, 7) is 4.46. The standard InChI is InChI=1S/C11H14Br2/c1-8(9(2)12)6-10-4-3-5-11(13)7-10/h3-5,7-9H,6H2,1-2H3. The van der Waals surface area contributed by atoms with Crippen molar-refractivity contribution in [3.8, 4) is 0 Å². The summed E-state index contributed by atoms with van der Waals surface area (Å²) in [4.78, 5) is 0.575. The molecule has 2 heteroatoms. The molecule has 0 bridgehead atoms. The first kappa shape index (κ1) is 11.3. The van der Waals surface area contributed by atoms with Crippen molar-refractivity contribution in [2.45, 2.75) is 25.1 Å². The molecular formula is C11H14Br2. The second-order valence-electron chi connectivity index (χ2n) is 3.49. The van der Waals surface area contributed by atoms with Gasteiger partial charge in [-0.05, 0) is 30.0 Å². The van der Waals surface area contributed by atoms with E-state index in [1.54, 1.807) is 0 Å². The van der Waals surface area contributed by atoms with Gasteiger partial charge in [0.05, 0.1) is 0 Å². The van der Waals surface area contributed by atoms with E-state index in [0.717, 1.165) is 6.42 Å². The Hall–Kier alpha value is 0.180. The molecule has 1 aromatic rings. The van der Waals surface area contributed by atoms with E-state index in [0.29, 0.717) is 10.7 Å². The quantitative estimate of drug-likeness (QED) is 0.726. The Morgan fingerprint density at radius 3 is 2.54 bits per heavy atom. The van der Waals surface area contributed by atoms with Crippen LogP contribution in [-0.4, -0.2) is 4.83 Å². The maximum Gasteiger partial charge on any atom is 0.0177 e. The Morgan fingerprint density at radius 2 is 2.00 bits per heavy atom. The van der Waals surface area contributed by atoms with Crippen molar-refractivity contribution < 1.29 is 0 Å². The normalized spacial score (nSPS) is 15.4. The van der Waals surface area contributed by atoms with Crippen LogP contribution in [0.15, 0.2) is 28.7 Å². The lowest BCUT2D eigenvalue weighted by Crippen LogP contribution is -2.09. The zero-order chi connectivity index (χ0) is 9.84. The number of halogens is 2. The second-order valence-corrected chi connectivity index (χ2v) is 5.85. The van der Waals surface area contributed by atoms with Gasteiger partial charge in [0.15, 0.2) is 0 Å². The summed E-state index contributed by atoms with van der Waals surface area (Å²) >= 11 is 7.08. The van der Waals surface area contributed by atoms with Gasteiger partial charge in [-0.25, -0.2) is 0 Å². The average Bonchev–Trinajstić information content (AvgIpc) is 2.04. The predicted molar refractivity (Wildman–Crippen MR) is 65.4 cm³/mol. The van der Waals surface area contributed by atoms with Crippen LogP contribution in [0, 0.1) is 5.92 Å². The van der Waals surface area contributed by atoms with Crippen LogP contribution < -0.4 is 0 Å². The number of benzene rings is 1. The van der Waals surface area contributed by atoms with Crippen molar-refractivity contribution >= 4 is 31.9 Å². The minimum absolute atomic E-state index is 0.575. The average molecular weight is 306 g/mol. The molecule has 0 radical (unpaired) electrons. The number of hydrogen-bond acceptors (Lipinski definition) is 0. The molecule has 0 heterocycles. The van der Waals surface area contributed by atoms with Crippen LogP contribution in [-0.2, 0) is 6.42 Å². The van der Waals surface area contributed by atoms with Crippen LogP contribution in [0.5, 0.6) is 0 Å². The molecule has 2 atom stereocenters. The van der Waals surface area contributed by atoms with Crippen molar-refractivity contribution in [3.05, 3.63) is 34.3 Å². The van der Waals surface area contributed by atoms with Crippen molar-refractivity contribution in [1.82, 2.24) is 0 Å². The molecule has 13 heavy (non-hydrogen) atoms.